The first-order chi connectivity index (χ1) is 58.2. The molecule has 0 spiro atoms. The number of hydrogen-bond donors (Lipinski definition) is 2. The van der Waals surface area contributed by atoms with Crippen LogP contribution in [0.25, 0.3) is 0 Å². The van der Waals surface area contributed by atoms with Gasteiger partial charge in [0.2, 0.25) is 0 Å². The van der Waals surface area contributed by atoms with E-state index in [1.54, 1.807) is 39.5 Å². The fraction of sp³-hybridized carbons (Fsp3) is 0.900. The molecule has 2 aromatic carbocycles. The summed E-state index contributed by atoms with van der Waals surface area (Å²) in [6.07, 6.45) is 41.5. The molecule has 2 N–H and O–H groups in total. The lowest BCUT2D eigenvalue weighted by Crippen LogP contribution is -2.42. The Labute approximate surface area is 798 Å². The van der Waals surface area contributed by atoms with Gasteiger partial charge in [0, 0.05) is 35.7 Å². The van der Waals surface area contributed by atoms with Crippen LogP contribution in [-0.2, 0) is 6.42 Å². The standard InChI is InChI=1S/C11H20.C10H19N.C10H14O.C10H20.C10H14.2C10H22.C9H18.C8H15F3.C8H17N.C8H19N.C8H16.C8H18/c1-8(2)5-11-7-9-3-4-10(11)6-9;1-7(2)11-10-6-8-3-4-9(10)5-8;1-8(2)10(11)9-6-4-3-5-7-9;2*1-9(2)8-10-6-4-3-5-7-10;1-8(2)7-9(3)10(4,5)6;1-8(2)7-10(5,6)9(3)4;1-8(2)7-9-5-3-4-6-9;1-6(2)5-7(3,4)8(9,10)11;1-7(2)9(3)8-5-4-6-8;1-7(2)9(6)8(3,4)5;1-7(2)6-8-4-3-5-8;1-7(2)6-8(3,4)5/h8-11H,3-7H2,1-2H3;7-11H,3-6H2,1-2H3;3-8,10-11H,1-2H3;9-10H,3-8H2,1-2H3;3-7,9H,8H2,1-2H3;2*8-9H,7H2,1-6H3;8-9H,3-7H2,1-2H3;6H,5H2,1-4H3;7-8H,4-6H2,1-3H3;7H,1-6H3;7-8H,3-6H2,1-2H3;7H,6H2,1-5H3. The third-order valence-electron chi connectivity index (χ3n) is 28.8. The fourth-order valence-corrected chi connectivity index (χ4v) is 20.4. The minimum absolute atomic E-state index is 0.0895. The van der Waals surface area contributed by atoms with Gasteiger partial charge in [-0.1, -0.05) is 399 Å². The highest BCUT2D eigenvalue weighted by molar-refractivity contribution is 5.18. The molecule has 8 aliphatic carbocycles. The van der Waals surface area contributed by atoms with Gasteiger partial charge in [0.1, 0.15) is 0 Å². The monoisotopic (exact) mass is 1790 g/mol. The Hall–Kier alpha value is -1.93. The maximum atomic E-state index is 12.2. The molecule has 10 rings (SSSR count). The van der Waals surface area contributed by atoms with E-state index in [0.717, 1.165) is 130 Å². The summed E-state index contributed by atoms with van der Waals surface area (Å²) >= 11 is 0. The van der Waals surface area contributed by atoms with Gasteiger partial charge in [-0.05, 0) is 317 Å². The van der Waals surface area contributed by atoms with E-state index in [0.29, 0.717) is 33.9 Å². The molecule has 4 nitrogen and oxygen atoms in total. The summed E-state index contributed by atoms with van der Waals surface area (Å²) in [6.45, 7) is 92.7. The second-order valence-corrected chi connectivity index (χ2v) is 52.2. The van der Waals surface area contributed by atoms with Crippen LogP contribution in [0.4, 0.5) is 13.2 Å². The third kappa shape index (κ3) is 67.8. The van der Waals surface area contributed by atoms with Crippen molar-refractivity contribution < 1.29 is 18.3 Å². The molecule has 7 heteroatoms. The van der Waals surface area contributed by atoms with Crippen LogP contribution in [0.2, 0.25) is 0 Å². The van der Waals surface area contributed by atoms with Gasteiger partial charge >= 0.3 is 6.18 Å². The normalized spacial score (nSPS) is 20.7. The van der Waals surface area contributed by atoms with E-state index in [1.807, 2.05) is 44.2 Å². The second kappa shape index (κ2) is 67.3. The quantitative estimate of drug-likeness (QED) is 0.104. The lowest BCUT2D eigenvalue weighted by molar-refractivity contribution is -0.216. The van der Waals surface area contributed by atoms with Crippen molar-refractivity contribution in [2.45, 2.75) is 544 Å². The van der Waals surface area contributed by atoms with Crippen LogP contribution in [0, 0.1) is 140 Å². The molecule has 4 bridgehead atoms. The fourth-order valence-electron chi connectivity index (χ4n) is 20.4. The van der Waals surface area contributed by atoms with E-state index in [4.69, 9.17) is 0 Å². The van der Waals surface area contributed by atoms with Gasteiger partial charge in [0.25, 0.3) is 0 Å². The van der Waals surface area contributed by atoms with Gasteiger partial charge in [-0.2, -0.15) is 13.2 Å². The van der Waals surface area contributed by atoms with Crippen molar-refractivity contribution in [1.29, 1.82) is 0 Å². The average Bonchev–Trinajstić information content (AvgIpc) is 1.68. The number of alkyl halides is 3. The van der Waals surface area contributed by atoms with Gasteiger partial charge in [0.15, 0.2) is 0 Å². The van der Waals surface area contributed by atoms with Crippen molar-refractivity contribution in [3.63, 3.8) is 0 Å². The van der Waals surface area contributed by atoms with Crippen LogP contribution in [0.3, 0.4) is 0 Å². The number of nitrogens with zero attached hydrogens (tertiary/aromatic N) is 2. The SMILES string of the molecule is CC(C)C(O)c1ccccc1.CC(C)CC(C)(C)C.CC(C)CC(C)(C)C(C)C.CC(C)CC(C)(C)C(F)(F)F.CC(C)CC(C)C(C)(C)C.CC(C)CC1CC2CCC1C2.CC(C)CC1CCC1.CC(C)CC1CCCC1.CC(C)CC1CCCCC1.CC(C)Cc1ccccc1.CC(C)N(C)C(C)(C)C.CC(C)N(C)C1CCC1.CC(C)NC1CC2CCC1C2. The molecule has 756 valence electrons. The molecule has 0 amide bonds. The maximum absolute atomic E-state index is 12.2. The lowest BCUT2D eigenvalue weighted by atomic mass is 9.75. The number of aliphatic hydroxyl groups excluding tert-OH is 1. The second-order valence-electron chi connectivity index (χ2n) is 52.2. The summed E-state index contributed by atoms with van der Waals surface area (Å²) in [6, 6.07) is 24.2. The van der Waals surface area contributed by atoms with E-state index in [1.165, 1.54) is 193 Å². The van der Waals surface area contributed by atoms with Crippen molar-refractivity contribution in [3.05, 3.63) is 71.8 Å². The Morgan fingerprint density at radius 3 is 1.01 bits per heavy atom. The summed E-state index contributed by atoms with van der Waals surface area (Å²) in [5.41, 5.74) is 2.75. The smallest absolute Gasteiger partial charge is 0.388 e. The van der Waals surface area contributed by atoms with E-state index in [9.17, 15) is 18.3 Å². The number of rotatable bonds is 25. The Bertz CT molecular complexity index is 2750. The van der Waals surface area contributed by atoms with Gasteiger partial charge < -0.3 is 15.3 Å². The van der Waals surface area contributed by atoms with Gasteiger partial charge in [-0.25, -0.2) is 0 Å². The van der Waals surface area contributed by atoms with E-state index in [2.05, 4.69) is 309 Å². The Balaban J connectivity index is -0.00000131. The number of fused-ring (bicyclic) bond motifs is 4. The van der Waals surface area contributed by atoms with E-state index < -0.39 is 11.6 Å². The first-order valence-electron chi connectivity index (χ1n) is 54.3. The summed E-state index contributed by atoms with van der Waals surface area (Å²) in [5, 5.41) is 13.3. The molecule has 8 unspecified atom stereocenters. The molecular formula is C120H234F3N3O. The Morgan fingerprint density at radius 2 is 0.787 bits per heavy atom. The van der Waals surface area contributed by atoms with Crippen LogP contribution in [0.1, 0.15) is 507 Å². The molecule has 8 saturated carbocycles. The highest BCUT2D eigenvalue weighted by Gasteiger charge is 2.47. The number of nitrogens with one attached hydrogen (secondary N) is 1. The zero-order valence-electron chi connectivity index (χ0n) is 94.4. The largest absolute Gasteiger partial charge is 0.393 e. The molecule has 8 fully saturated rings. The molecule has 8 aliphatic rings. The molecule has 0 heterocycles. The van der Waals surface area contributed by atoms with Crippen LogP contribution in [-0.4, -0.2) is 70.9 Å². The summed E-state index contributed by atoms with van der Waals surface area (Å²) < 4.78 is 36.6. The highest BCUT2D eigenvalue weighted by atomic mass is 19.4. The van der Waals surface area contributed by atoms with Crippen molar-refractivity contribution in [2.24, 2.45) is 140 Å². The molecular weight excluding hydrogens is 1560 g/mol. The van der Waals surface area contributed by atoms with Crippen LogP contribution >= 0.6 is 0 Å². The minimum atomic E-state index is -4.07. The van der Waals surface area contributed by atoms with Gasteiger partial charge in [0.05, 0.1) is 11.5 Å². The lowest BCUT2D eigenvalue weighted by Gasteiger charge is -2.37. The molecule has 8 atom stereocenters. The summed E-state index contributed by atoms with van der Waals surface area (Å²) in [4.78, 5) is 4.83. The van der Waals surface area contributed by atoms with Gasteiger partial charge in [-0.3, -0.25) is 4.90 Å². The molecule has 127 heavy (non-hydrogen) atoms. The summed E-state index contributed by atoms with van der Waals surface area (Å²) in [7, 11) is 4.39. The van der Waals surface area contributed by atoms with E-state index >= 15 is 0 Å². The number of hydrogen-bond acceptors (Lipinski definition) is 4. The van der Waals surface area contributed by atoms with Crippen LogP contribution in [0.5, 0.6) is 0 Å². The number of benzene rings is 2. The molecule has 0 aliphatic heterocycles. The van der Waals surface area contributed by atoms with Crippen molar-refractivity contribution in [1.82, 2.24) is 15.1 Å². The molecule has 0 saturated heterocycles. The first-order valence-corrected chi connectivity index (χ1v) is 54.3. The maximum Gasteiger partial charge on any atom is 0.393 e. The average molecular weight is 1790 g/mol. The summed E-state index contributed by atoms with van der Waals surface area (Å²) in [5.74, 6) is 17.8. The number of aliphatic hydroxyl groups is 1. The van der Waals surface area contributed by atoms with E-state index in [-0.39, 0.29) is 24.4 Å². The molecule has 0 radical (unpaired) electrons. The molecule has 2 aromatic rings. The minimum Gasteiger partial charge on any atom is -0.388 e. The van der Waals surface area contributed by atoms with Crippen molar-refractivity contribution >= 4 is 0 Å². The predicted molar refractivity (Wildman–Crippen MR) is 569 cm³/mol. The Morgan fingerprint density at radius 1 is 0.394 bits per heavy atom. The zero-order valence-corrected chi connectivity index (χ0v) is 94.4. The molecule has 0 aromatic heterocycles. The van der Waals surface area contributed by atoms with Gasteiger partial charge in [-0.15, -0.1) is 0 Å². The van der Waals surface area contributed by atoms with Crippen molar-refractivity contribution in [2.75, 3.05) is 14.1 Å². The zero-order chi connectivity index (χ0) is 98.7. The topological polar surface area (TPSA) is 38.7 Å². The Kier molecular flexibility index (Phi) is 68.5. The first kappa shape index (κ1) is 129. The van der Waals surface area contributed by atoms with Crippen molar-refractivity contribution in [3.8, 4) is 0 Å². The predicted octanol–water partition coefficient (Wildman–Crippen LogP) is 38.7. The van der Waals surface area contributed by atoms with Crippen LogP contribution < -0.4 is 5.32 Å². The highest BCUT2D eigenvalue weighted by Crippen LogP contribution is 2.51. The van der Waals surface area contributed by atoms with Crippen LogP contribution in [0.15, 0.2) is 60.7 Å². The number of halogens is 3. The third-order valence-corrected chi connectivity index (χ3v) is 28.8.